The number of anilines is 1. The second-order valence-corrected chi connectivity index (χ2v) is 6.37. The van der Waals surface area contributed by atoms with Gasteiger partial charge in [0.15, 0.2) is 5.96 Å². The first-order valence-corrected chi connectivity index (χ1v) is 9.83. The molecule has 2 heterocycles. The Bertz CT molecular complexity index is 733. The molecule has 28 heavy (non-hydrogen) atoms. The number of aromatic nitrogens is 1. The van der Waals surface area contributed by atoms with Crippen molar-refractivity contribution in [3.63, 3.8) is 0 Å². The number of morpholine rings is 1. The number of rotatable bonds is 8. The number of para-hydroxylation sites is 1. The molecule has 0 amide bonds. The van der Waals surface area contributed by atoms with Crippen LogP contribution in [0.5, 0.6) is 5.75 Å². The molecule has 150 valence electrons. The van der Waals surface area contributed by atoms with E-state index in [1.54, 1.807) is 0 Å². The Hall–Kier alpha value is -2.80. The predicted octanol–water partition coefficient (Wildman–Crippen LogP) is 2.05. The highest BCUT2D eigenvalue weighted by Gasteiger charge is 2.15. The fourth-order valence-corrected chi connectivity index (χ4v) is 2.97. The van der Waals surface area contributed by atoms with Crippen LogP contribution in [-0.2, 0) is 11.3 Å². The Balaban J connectivity index is 1.55. The highest BCUT2D eigenvalue weighted by molar-refractivity contribution is 5.79. The smallest absolute Gasteiger partial charge is 0.191 e. The lowest BCUT2D eigenvalue weighted by Crippen LogP contribution is -2.39. The quantitative estimate of drug-likeness (QED) is 0.413. The first-order chi connectivity index (χ1) is 13.9. The first kappa shape index (κ1) is 19.9. The van der Waals surface area contributed by atoms with Crippen LogP contribution in [0.4, 0.5) is 5.82 Å². The summed E-state index contributed by atoms with van der Waals surface area (Å²) >= 11 is 0. The number of nitrogens with zero attached hydrogens (tertiary/aromatic N) is 3. The lowest BCUT2D eigenvalue weighted by molar-refractivity contribution is 0.122. The zero-order valence-electron chi connectivity index (χ0n) is 16.4. The van der Waals surface area contributed by atoms with Gasteiger partial charge in [0.1, 0.15) is 18.2 Å². The molecule has 0 spiro atoms. The summed E-state index contributed by atoms with van der Waals surface area (Å²) in [5.41, 5.74) is 1.11. The molecule has 0 unspecified atom stereocenters. The normalized spacial score (nSPS) is 14.6. The van der Waals surface area contributed by atoms with Crippen LogP contribution in [0.3, 0.4) is 0 Å². The Labute approximate surface area is 166 Å². The lowest BCUT2D eigenvalue weighted by atomic mass is 10.2. The lowest BCUT2D eigenvalue weighted by Gasteiger charge is -2.29. The third-order valence-corrected chi connectivity index (χ3v) is 4.34. The third kappa shape index (κ3) is 6.13. The molecule has 2 aromatic rings. The highest BCUT2D eigenvalue weighted by Crippen LogP contribution is 2.19. The van der Waals surface area contributed by atoms with Crippen molar-refractivity contribution in [2.75, 3.05) is 50.9 Å². The van der Waals surface area contributed by atoms with Crippen molar-refractivity contribution in [1.82, 2.24) is 15.6 Å². The molecule has 1 aromatic carbocycles. The molecular formula is C21H29N5O2. The van der Waals surface area contributed by atoms with Gasteiger partial charge in [0.05, 0.1) is 26.3 Å². The van der Waals surface area contributed by atoms with Gasteiger partial charge in [-0.1, -0.05) is 24.3 Å². The summed E-state index contributed by atoms with van der Waals surface area (Å²) in [6.07, 6.45) is 1.84. The Kier molecular flexibility index (Phi) is 7.93. The largest absolute Gasteiger partial charge is 0.492 e. The maximum atomic E-state index is 5.72. The monoisotopic (exact) mass is 383 g/mol. The third-order valence-electron chi connectivity index (χ3n) is 4.34. The van der Waals surface area contributed by atoms with Crippen LogP contribution in [0.25, 0.3) is 0 Å². The Morgan fingerprint density at radius 2 is 1.96 bits per heavy atom. The number of hydrogen-bond donors (Lipinski definition) is 2. The van der Waals surface area contributed by atoms with Gasteiger partial charge in [-0.25, -0.2) is 9.98 Å². The summed E-state index contributed by atoms with van der Waals surface area (Å²) in [7, 11) is 0. The summed E-state index contributed by atoms with van der Waals surface area (Å²) in [4.78, 5) is 11.6. The van der Waals surface area contributed by atoms with Gasteiger partial charge < -0.3 is 25.0 Å². The van der Waals surface area contributed by atoms with Gasteiger partial charge in [-0.15, -0.1) is 0 Å². The molecule has 0 aliphatic carbocycles. The van der Waals surface area contributed by atoms with Gasteiger partial charge in [-0.05, 0) is 25.1 Å². The van der Waals surface area contributed by atoms with Gasteiger partial charge in [0.25, 0.3) is 0 Å². The van der Waals surface area contributed by atoms with E-state index >= 15 is 0 Å². The highest BCUT2D eigenvalue weighted by atomic mass is 16.5. The van der Waals surface area contributed by atoms with E-state index in [2.05, 4.69) is 33.5 Å². The topological polar surface area (TPSA) is 71.0 Å². The maximum absolute atomic E-state index is 5.72. The van der Waals surface area contributed by atoms with Crippen molar-refractivity contribution >= 4 is 11.8 Å². The van der Waals surface area contributed by atoms with E-state index in [1.165, 1.54) is 0 Å². The number of benzene rings is 1. The fourth-order valence-electron chi connectivity index (χ4n) is 2.97. The van der Waals surface area contributed by atoms with E-state index in [4.69, 9.17) is 14.5 Å². The molecule has 1 saturated heterocycles. The number of ether oxygens (including phenoxy) is 2. The molecule has 7 heteroatoms. The first-order valence-electron chi connectivity index (χ1n) is 9.83. The predicted molar refractivity (Wildman–Crippen MR) is 112 cm³/mol. The summed E-state index contributed by atoms with van der Waals surface area (Å²) in [6.45, 7) is 7.87. The second kappa shape index (κ2) is 11.1. The van der Waals surface area contributed by atoms with Crippen LogP contribution < -0.4 is 20.3 Å². The number of pyridine rings is 1. The second-order valence-electron chi connectivity index (χ2n) is 6.37. The molecule has 7 nitrogen and oxygen atoms in total. The minimum Gasteiger partial charge on any atom is -0.492 e. The van der Waals surface area contributed by atoms with Gasteiger partial charge in [0, 0.05) is 31.4 Å². The number of hydrogen-bond acceptors (Lipinski definition) is 5. The van der Waals surface area contributed by atoms with E-state index < -0.39 is 0 Å². The fraction of sp³-hybridized carbons (Fsp3) is 0.429. The molecule has 2 N–H and O–H groups in total. The molecule has 3 rings (SSSR count). The van der Waals surface area contributed by atoms with Crippen LogP contribution >= 0.6 is 0 Å². The van der Waals surface area contributed by atoms with Crippen molar-refractivity contribution in [3.05, 3.63) is 54.2 Å². The summed E-state index contributed by atoms with van der Waals surface area (Å²) in [5, 5.41) is 6.60. The molecule has 1 fully saturated rings. The Morgan fingerprint density at radius 3 is 2.75 bits per heavy atom. The maximum Gasteiger partial charge on any atom is 0.191 e. The van der Waals surface area contributed by atoms with Crippen LogP contribution in [0.2, 0.25) is 0 Å². The SMILES string of the molecule is CCNC(=NCc1cccnc1N1CCOCC1)NCCOc1ccccc1. The van der Waals surface area contributed by atoms with Crippen molar-refractivity contribution in [2.45, 2.75) is 13.5 Å². The van der Waals surface area contributed by atoms with E-state index in [0.29, 0.717) is 19.7 Å². The standard InChI is InChI=1S/C21H29N5O2/c1-2-22-21(24-11-14-28-19-8-4-3-5-9-19)25-17-18-7-6-10-23-20(18)26-12-15-27-16-13-26/h3-10H,2,11-17H2,1H3,(H2,22,24,25). The number of nitrogens with one attached hydrogen (secondary N) is 2. The van der Waals surface area contributed by atoms with E-state index in [-0.39, 0.29) is 0 Å². The van der Waals surface area contributed by atoms with Gasteiger partial charge >= 0.3 is 0 Å². The molecule has 1 aliphatic heterocycles. The molecule has 0 radical (unpaired) electrons. The van der Waals surface area contributed by atoms with E-state index in [9.17, 15) is 0 Å². The molecule has 0 bridgehead atoms. The van der Waals surface area contributed by atoms with Crippen LogP contribution in [-0.4, -0.2) is 56.9 Å². The minimum atomic E-state index is 0.565. The Morgan fingerprint density at radius 1 is 1.14 bits per heavy atom. The van der Waals surface area contributed by atoms with E-state index in [1.807, 2.05) is 42.6 Å². The average Bonchev–Trinajstić information content (AvgIpc) is 2.76. The van der Waals surface area contributed by atoms with Crippen molar-refractivity contribution in [2.24, 2.45) is 4.99 Å². The van der Waals surface area contributed by atoms with E-state index in [0.717, 1.165) is 55.9 Å². The van der Waals surface area contributed by atoms with Crippen LogP contribution in [0.15, 0.2) is 53.7 Å². The van der Waals surface area contributed by atoms with Crippen molar-refractivity contribution < 1.29 is 9.47 Å². The minimum absolute atomic E-state index is 0.565. The molecular weight excluding hydrogens is 354 g/mol. The summed E-state index contributed by atoms with van der Waals surface area (Å²) < 4.78 is 11.2. The van der Waals surface area contributed by atoms with Crippen LogP contribution in [0, 0.1) is 0 Å². The van der Waals surface area contributed by atoms with Gasteiger partial charge in [-0.2, -0.15) is 0 Å². The molecule has 0 saturated carbocycles. The molecule has 0 atom stereocenters. The zero-order chi connectivity index (χ0) is 19.4. The van der Waals surface area contributed by atoms with Crippen LogP contribution in [0.1, 0.15) is 12.5 Å². The molecule has 1 aromatic heterocycles. The summed E-state index contributed by atoms with van der Waals surface area (Å²) in [6, 6.07) is 13.9. The molecule has 1 aliphatic rings. The van der Waals surface area contributed by atoms with Crippen molar-refractivity contribution in [1.29, 1.82) is 0 Å². The zero-order valence-corrected chi connectivity index (χ0v) is 16.4. The summed E-state index contributed by atoms with van der Waals surface area (Å²) in [5.74, 6) is 2.64. The van der Waals surface area contributed by atoms with Gasteiger partial charge in [-0.3, -0.25) is 0 Å². The number of aliphatic imine (C=N–C) groups is 1. The van der Waals surface area contributed by atoms with Gasteiger partial charge in [0.2, 0.25) is 0 Å². The average molecular weight is 383 g/mol. The van der Waals surface area contributed by atoms with Crippen molar-refractivity contribution in [3.8, 4) is 5.75 Å². The number of guanidine groups is 1.